The molecule has 2 amide bonds. The highest BCUT2D eigenvalue weighted by atomic mass is 19.4. The molecule has 0 atom stereocenters. The molecular formula is C10H9F3N2O3. The Morgan fingerprint density at radius 1 is 1.17 bits per heavy atom. The molecule has 1 aromatic rings. The van der Waals surface area contributed by atoms with Gasteiger partial charge in [0.25, 0.3) is 5.91 Å². The minimum Gasteiger partial charge on any atom is -0.366 e. The van der Waals surface area contributed by atoms with E-state index in [1.807, 2.05) is 0 Å². The minimum atomic E-state index is -4.52. The Labute approximate surface area is 99.7 Å². The average molecular weight is 262 g/mol. The summed E-state index contributed by atoms with van der Waals surface area (Å²) in [5.41, 5.74) is 6.83. The van der Waals surface area contributed by atoms with Gasteiger partial charge in [-0.3, -0.25) is 14.4 Å². The van der Waals surface area contributed by atoms with E-state index < -0.39 is 24.6 Å². The van der Waals surface area contributed by atoms with Gasteiger partial charge < -0.3 is 5.73 Å². The molecule has 5 nitrogen and oxygen atoms in total. The molecule has 0 aliphatic heterocycles. The second-order valence-corrected chi connectivity index (χ2v) is 3.28. The number of alkyl halides is 3. The number of halogens is 3. The van der Waals surface area contributed by atoms with Crippen molar-refractivity contribution < 1.29 is 27.6 Å². The normalized spacial score (nSPS) is 11.1. The zero-order valence-electron chi connectivity index (χ0n) is 8.95. The van der Waals surface area contributed by atoms with Crippen LogP contribution < -0.4 is 11.2 Å². The monoisotopic (exact) mass is 262 g/mol. The molecule has 0 spiro atoms. The molecule has 0 saturated carbocycles. The van der Waals surface area contributed by atoms with E-state index in [-0.39, 0.29) is 11.1 Å². The highest BCUT2D eigenvalue weighted by Gasteiger charge is 2.28. The highest BCUT2D eigenvalue weighted by Crippen LogP contribution is 2.13. The number of amides is 2. The van der Waals surface area contributed by atoms with Crippen LogP contribution in [0.25, 0.3) is 0 Å². The van der Waals surface area contributed by atoms with Gasteiger partial charge in [0.15, 0.2) is 6.61 Å². The number of hydrogen-bond donors (Lipinski definition) is 2. The number of carbonyl (C=O) groups is 2. The van der Waals surface area contributed by atoms with Crippen LogP contribution in [0.2, 0.25) is 0 Å². The summed E-state index contributed by atoms with van der Waals surface area (Å²) in [6, 6.07) is 5.04. The second-order valence-electron chi connectivity index (χ2n) is 3.28. The van der Waals surface area contributed by atoms with E-state index in [0.717, 1.165) is 0 Å². The number of nitrogens with one attached hydrogen (secondary N) is 1. The molecule has 8 heteroatoms. The summed E-state index contributed by atoms with van der Waals surface area (Å²) in [4.78, 5) is 26.0. The van der Waals surface area contributed by atoms with Crippen molar-refractivity contribution in [2.45, 2.75) is 6.18 Å². The lowest BCUT2D eigenvalue weighted by molar-refractivity contribution is -0.184. The van der Waals surface area contributed by atoms with Gasteiger partial charge in [-0.05, 0) is 24.3 Å². The van der Waals surface area contributed by atoms with E-state index in [0.29, 0.717) is 0 Å². The van der Waals surface area contributed by atoms with Crippen molar-refractivity contribution in [3.63, 3.8) is 0 Å². The predicted octanol–water partition coefficient (Wildman–Crippen LogP) is 1.01. The molecule has 0 bridgehead atoms. The summed E-state index contributed by atoms with van der Waals surface area (Å²) in [6.07, 6.45) is -4.52. The van der Waals surface area contributed by atoms with Crippen LogP contribution in [0.1, 0.15) is 20.7 Å². The van der Waals surface area contributed by atoms with Gasteiger partial charge in [0.05, 0.1) is 0 Å². The second kappa shape index (κ2) is 5.50. The minimum absolute atomic E-state index is 0.0437. The number of nitrogens with two attached hydrogens (primary N) is 1. The Hall–Kier alpha value is -2.09. The third-order valence-corrected chi connectivity index (χ3v) is 1.83. The third kappa shape index (κ3) is 4.42. The number of hydroxylamine groups is 1. The zero-order chi connectivity index (χ0) is 13.8. The Balaban J connectivity index is 2.54. The molecule has 0 heterocycles. The van der Waals surface area contributed by atoms with Crippen molar-refractivity contribution in [3.05, 3.63) is 35.4 Å². The Morgan fingerprint density at radius 2 is 1.67 bits per heavy atom. The first kappa shape index (κ1) is 14.0. The van der Waals surface area contributed by atoms with E-state index >= 15 is 0 Å². The van der Waals surface area contributed by atoms with E-state index in [1.54, 1.807) is 5.48 Å². The quantitative estimate of drug-likeness (QED) is 0.794. The molecule has 0 aliphatic carbocycles. The van der Waals surface area contributed by atoms with Crippen molar-refractivity contribution in [1.82, 2.24) is 5.48 Å². The molecule has 0 fully saturated rings. The standard InChI is InChI=1S/C10H9F3N2O3/c11-10(12,13)5-18-15-9(17)7-3-1-6(2-4-7)8(14)16/h1-4H,5H2,(H2,14,16)(H,15,17). The van der Waals surface area contributed by atoms with Crippen LogP contribution in [0.15, 0.2) is 24.3 Å². The first-order valence-electron chi connectivity index (χ1n) is 4.68. The third-order valence-electron chi connectivity index (χ3n) is 1.83. The van der Waals surface area contributed by atoms with E-state index in [1.165, 1.54) is 24.3 Å². The number of hydrogen-bond acceptors (Lipinski definition) is 3. The van der Waals surface area contributed by atoms with Crippen molar-refractivity contribution in [3.8, 4) is 0 Å². The molecule has 1 aromatic carbocycles. The fraction of sp³-hybridized carbons (Fsp3) is 0.200. The lowest BCUT2D eigenvalue weighted by Gasteiger charge is -2.08. The fourth-order valence-electron chi connectivity index (χ4n) is 1.03. The van der Waals surface area contributed by atoms with E-state index in [4.69, 9.17) is 5.73 Å². The molecule has 0 aliphatic rings. The van der Waals surface area contributed by atoms with Crippen molar-refractivity contribution in [2.75, 3.05) is 6.61 Å². The van der Waals surface area contributed by atoms with Crippen LogP contribution in [0.5, 0.6) is 0 Å². The lowest BCUT2D eigenvalue weighted by Crippen LogP contribution is -2.29. The zero-order valence-corrected chi connectivity index (χ0v) is 8.95. The predicted molar refractivity (Wildman–Crippen MR) is 54.4 cm³/mol. The largest absolute Gasteiger partial charge is 0.414 e. The summed E-state index contributed by atoms with van der Waals surface area (Å²) < 4.78 is 35.2. The lowest BCUT2D eigenvalue weighted by atomic mass is 10.1. The molecule has 0 aromatic heterocycles. The molecule has 0 unspecified atom stereocenters. The van der Waals surface area contributed by atoms with Gasteiger partial charge in [-0.1, -0.05) is 0 Å². The summed E-state index contributed by atoms with van der Waals surface area (Å²) in [5, 5.41) is 0. The summed E-state index contributed by atoms with van der Waals surface area (Å²) in [6.45, 7) is -1.59. The Morgan fingerprint density at radius 3 is 2.11 bits per heavy atom. The fourth-order valence-corrected chi connectivity index (χ4v) is 1.03. The summed E-state index contributed by atoms with van der Waals surface area (Å²) in [5.74, 6) is -1.52. The highest BCUT2D eigenvalue weighted by molar-refractivity contribution is 5.96. The van der Waals surface area contributed by atoms with Gasteiger partial charge in [0.1, 0.15) is 0 Å². The first-order valence-corrected chi connectivity index (χ1v) is 4.68. The summed E-state index contributed by atoms with van der Waals surface area (Å²) >= 11 is 0. The van der Waals surface area contributed by atoms with Gasteiger partial charge in [-0.2, -0.15) is 13.2 Å². The topological polar surface area (TPSA) is 81.4 Å². The van der Waals surface area contributed by atoms with Gasteiger partial charge in [-0.15, -0.1) is 0 Å². The molecule has 0 saturated heterocycles. The SMILES string of the molecule is NC(=O)c1ccc(C(=O)NOCC(F)(F)F)cc1. The maximum Gasteiger partial charge on any atom is 0.414 e. The Bertz CT molecular complexity index is 443. The molecule has 18 heavy (non-hydrogen) atoms. The van der Waals surface area contributed by atoms with E-state index in [9.17, 15) is 22.8 Å². The first-order chi connectivity index (χ1) is 8.29. The number of benzene rings is 1. The van der Waals surface area contributed by atoms with Crippen molar-refractivity contribution >= 4 is 11.8 Å². The van der Waals surface area contributed by atoms with Gasteiger partial charge in [0.2, 0.25) is 5.91 Å². The molecule has 98 valence electrons. The maximum atomic E-state index is 11.7. The van der Waals surface area contributed by atoms with Gasteiger partial charge in [0, 0.05) is 11.1 Å². The van der Waals surface area contributed by atoms with Crippen molar-refractivity contribution in [1.29, 1.82) is 0 Å². The maximum absolute atomic E-state index is 11.7. The molecular weight excluding hydrogens is 253 g/mol. The number of carbonyl (C=O) groups excluding carboxylic acids is 2. The van der Waals surface area contributed by atoms with Gasteiger partial charge >= 0.3 is 6.18 Å². The summed E-state index contributed by atoms with van der Waals surface area (Å²) in [7, 11) is 0. The van der Waals surface area contributed by atoms with E-state index in [2.05, 4.69) is 4.84 Å². The molecule has 3 N–H and O–H groups in total. The van der Waals surface area contributed by atoms with Crippen LogP contribution >= 0.6 is 0 Å². The molecule has 1 rings (SSSR count). The van der Waals surface area contributed by atoms with Crippen molar-refractivity contribution in [2.24, 2.45) is 5.73 Å². The Kier molecular flexibility index (Phi) is 4.27. The molecule has 0 radical (unpaired) electrons. The van der Waals surface area contributed by atoms with Crippen LogP contribution in [-0.4, -0.2) is 24.6 Å². The van der Waals surface area contributed by atoms with Gasteiger partial charge in [-0.25, -0.2) is 5.48 Å². The average Bonchev–Trinajstić information content (AvgIpc) is 2.27. The van der Waals surface area contributed by atoms with Crippen LogP contribution in [0.4, 0.5) is 13.2 Å². The smallest absolute Gasteiger partial charge is 0.366 e. The number of rotatable bonds is 4. The van der Waals surface area contributed by atoms with Crippen LogP contribution in [-0.2, 0) is 4.84 Å². The number of primary amides is 1. The van der Waals surface area contributed by atoms with Crippen LogP contribution in [0, 0.1) is 0 Å². The van der Waals surface area contributed by atoms with Crippen LogP contribution in [0.3, 0.4) is 0 Å².